The Balaban J connectivity index is 2.08. The van der Waals surface area contributed by atoms with E-state index >= 15 is 0 Å². The number of aryl methyl sites for hydroxylation is 1. The molecule has 0 aliphatic carbocycles. The van der Waals surface area contributed by atoms with Gasteiger partial charge in [0.15, 0.2) is 0 Å². The first-order chi connectivity index (χ1) is 8.20. The second-order valence-corrected chi connectivity index (χ2v) is 5.12. The summed E-state index contributed by atoms with van der Waals surface area (Å²) < 4.78 is 3.30. The number of carbonyl (C=O) groups excluding carboxylic acids is 1. The number of rotatable bonds is 5. The van der Waals surface area contributed by atoms with Crippen molar-refractivity contribution in [2.24, 2.45) is 0 Å². The van der Waals surface area contributed by atoms with Crippen molar-refractivity contribution in [2.75, 3.05) is 0 Å². The number of halogens is 1. The molecule has 90 valence electrons. The summed E-state index contributed by atoms with van der Waals surface area (Å²) >= 11 is 3.49. The maximum absolute atomic E-state index is 11.2. The van der Waals surface area contributed by atoms with E-state index in [1.54, 1.807) is 0 Å². The summed E-state index contributed by atoms with van der Waals surface area (Å²) in [5, 5.41) is 1.25. The van der Waals surface area contributed by atoms with E-state index in [-0.39, 0.29) is 0 Å². The molecule has 17 heavy (non-hydrogen) atoms. The number of aromatic nitrogens is 1. The lowest BCUT2D eigenvalue weighted by Crippen LogP contribution is -2.00. The molecule has 3 heteroatoms. The minimum atomic E-state index is 0.350. The highest BCUT2D eigenvalue weighted by molar-refractivity contribution is 9.10. The Morgan fingerprint density at radius 3 is 2.94 bits per heavy atom. The first kappa shape index (κ1) is 12.4. The molecule has 1 heterocycles. The van der Waals surface area contributed by atoms with Gasteiger partial charge in [0.05, 0.1) is 0 Å². The molecule has 2 nitrogen and oxygen atoms in total. The van der Waals surface area contributed by atoms with Gasteiger partial charge in [-0.25, -0.2) is 0 Å². The maximum Gasteiger partial charge on any atom is 0.132 e. The molecule has 0 unspecified atom stereocenters. The van der Waals surface area contributed by atoms with Crippen LogP contribution in [0.1, 0.15) is 26.2 Å². The van der Waals surface area contributed by atoms with Crippen molar-refractivity contribution in [1.82, 2.24) is 4.57 Å². The standard InChI is InChI=1S/C14H16BrNO/c1-2-13(17)4-3-8-16-9-7-11-5-6-12(15)10-14(11)16/h5-7,9-10H,2-4,8H2,1H3. The zero-order chi connectivity index (χ0) is 12.3. The number of carbonyl (C=O) groups is 1. The van der Waals surface area contributed by atoms with Crippen LogP contribution in [0.15, 0.2) is 34.9 Å². The maximum atomic E-state index is 11.2. The smallest absolute Gasteiger partial charge is 0.132 e. The van der Waals surface area contributed by atoms with Crippen LogP contribution in [0.4, 0.5) is 0 Å². The predicted octanol–water partition coefficient (Wildman–Crippen LogP) is 4.16. The van der Waals surface area contributed by atoms with E-state index in [4.69, 9.17) is 0 Å². The molecule has 0 aliphatic heterocycles. The van der Waals surface area contributed by atoms with Crippen molar-refractivity contribution < 1.29 is 4.79 Å². The topological polar surface area (TPSA) is 22.0 Å². The van der Waals surface area contributed by atoms with Crippen LogP contribution in [0.25, 0.3) is 10.9 Å². The minimum Gasteiger partial charge on any atom is -0.347 e. The third-order valence-electron chi connectivity index (χ3n) is 2.98. The molecule has 0 bridgehead atoms. The Morgan fingerprint density at radius 1 is 1.35 bits per heavy atom. The van der Waals surface area contributed by atoms with Gasteiger partial charge in [0.1, 0.15) is 5.78 Å². The summed E-state index contributed by atoms with van der Waals surface area (Å²) in [5.41, 5.74) is 1.23. The third-order valence-corrected chi connectivity index (χ3v) is 3.48. The molecule has 2 rings (SSSR count). The number of hydrogen-bond donors (Lipinski definition) is 0. The second-order valence-electron chi connectivity index (χ2n) is 4.21. The third kappa shape index (κ3) is 2.97. The molecule has 0 saturated carbocycles. The zero-order valence-electron chi connectivity index (χ0n) is 9.95. The van der Waals surface area contributed by atoms with Gasteiger partial charge in [-0.15, -0.1) is 0 Å². The summed E-state index contributed by atoms with van der Waals surface area (Å²) in [6.45, 7) is 2.83. The van der Waals surface area contributed by atoms with E-state index in [0.29, 0.717) is 18.6 Å². The van der Waals surface area contributed by atoms with E-state index in [1.807, 2.05) is 13.0 Å². The monoisotopic (exact) mass is 293 g/mol. The first-order valence-electron chi connectivity index (χ1n) is 5.97. The highest BCUT2D eigenvalue weighted by Crippen LogP contribution is 2.21. The van der Waals surface area contributed by atoms with E-state index in [0.717, 1.165) is 17.4 Å². The molecule has 0 fully saturated rings. The quantitative estimate of drug-likeness (QED) is 0.811. The summed E-state index contributed by atoms with van der Waals surface area (Å²) in [4.78, 5) is 11.2. The normalized spacial score (nSPS) is 10.9. The van der Waals surface area contributed by atoms with Gasteiger partial charge in [-0.05, 0) is 30.0 Å². The number of Topliss-reactive ketones (excluding diaryl/α,β-unsaturated/α-hetero) is 1. The number of hydrogen-bond acceptors (Lipinski definition) is 1. The molecule has 0 saturated heterocycles. The van der Waals surface area contributed by atoms with Crippen LogP contribution < -0.4 is 0 Å². The molecule has 0 atom stereocenters. The van der Waals surface area contributed by atoms with Gasteiger partial charge in [0, 0.05) is 35.6 Å². The van der Waals surface area contributed by atoms with Gasteiger partial charge >= 0.3 is 0 Å². The van der Waals surface area contributed by atoms with Crippen molar-refractivity contribution in [3.63, 3.8) is 0 Å². The van der Waals surface area contributed by atoms with Crippen LogP contribution in [0.5, 0.6) is 0 Å². The fourth-order valence-electron chi connectivity index (χ4n) is 1.98. The summed E-state index contributed by atoms with van der Waals surface area (Å²) in [6.07, 6.45) is 4.35. The number of ketones is 1. The van der Waals surface area contributed by atoms with Crippen molar-refractivity contribution in [3.8, 4) is 0 Å². The lowest BCUT2D eigenvalue weighted by Gasteiger charge is -2.05. The average molecular weight is 294 g/mol. The summed E-state index contributed by atoms with van der Waals surface area (Å²) in [5.74, 6) is 0.350. The predicted molar refractivity (Wildman–Crippen MR) is 74.2 cm³/mol. The molecule has 0 aliphatic rings. The second kappa shape index (κ2) is 5.50. The van der Waals surface area contributed by atoms with Gasteiger partial charge in [0.2, 0.25) is 0 Å². The number of benzene rings is 1. The average Bonchev–Trinajstić information content (AvgIpc) is 2.72. The van der Waals surface area contributed by atoms with Gasteiger partial charge in [-0.2, -0.15) is 0 Å². The molecular formula is C14H16BrNO. The van der Waals surface area contributed by atoms with E-state index in [2.05, 4.69) is 44.9 Å². The fraction of sp³-hybridized carbons (Fsp3) is 0.357. The molecule has 2 aromatic rings. The van der Waals surface area contributed by atoms with Crippen LogP contribution in [-0.4, -0.2) is 10.4 Å². The largest absolute Gasteiger partial charge is 0.347 e. The molecule has 1 aromatic carbocycles. The molecule has 1 aromatic heterocycles. The molecule has 0 amide bonds. The highest BCUT2D eigenvalue weighted by atomic mass is 79.9. The van der Waals surface area contributed by atoms with Crippen LogP contribution >= 0.6 is 15.9 Å². The van der Waals surface area contributed by atoms with Gasteiger partial charge in [0.25, 0.3) is 0 Å². The van der Waals surface area contributed by atoms with Gasteiger partial charge in [-0.3, -0.25) is 4.79 Å². The number of nitrogens with zero attached hydrogens (tertiary/aromatic N) is 1. The van der Waals surface area contributed by atoms with Crippen molar-refractivity contribution >= 4 is 32.6 Å². The van der Waals surface area contributed by atoms with Crippen LogP contribution in [0.2, 0.25) is 0 Å². The molecule has 0 spiro atoms. The van der Waals surface area contributed by atoms with Crippen LogP contribution in [-0.2, 0) is 11.3 Å². The minimum absolute atomic E-state index is 0.350. The summed E-state index contributed by atoms with van der Waals surface area (Å²) in [6, 6.07) is 8.39. The van der Waals surface area contributed by atoms with Gasteiger partial charge in [-0.1, -0.05) is 28.9 Å². The molecule has 0 N–H and O–H groups in total. The Hall–Kier alpha value is -1.09. The van der Waals surface area contributed by atoms with Crippen molar-refractivity contribution in [2.45, 2.75) is 32.7 Å². The molecular weight excluding hydrogens is 278 g/mol. The summed E-state index contributed by atoms with van der Waals surface area (Å²) in [7, 11) is 0. The van der Waals surface area contributed by atoms with Crippen molar-refractivity contribution in [3.05, 3.63) is 34.9 Å². The lowest BCUT2D eigenvalue weighted by molar-refractivity contribution is -0.118. The SMILES string of the molecule is CCC(=O)CCCn1ccc2ccc(Br)cc21. The first-order valence-corrected chi connectivity index (χ1v) is 6.76. The van der Waals surface area contributed by atoms with E-state index in [9.17, 15) is 4.79 Å². The van der Waals surface area contributed by atoms with Gasteiger partial charge < -0.3 is 4.57 Å². The van der Waals surface area contributed by atoms with E-state index in [1.165, 1.54) is 10.9 Å². The zero-order valence-corrected chi connectivity index (χ0v) is 11.5. The Bertz CT molecular complexity index is 530. The van der Waals surface area contributed by atoms with E-state index < -0.39 is 0 Å². The van der Waals surface area contributed by atoms with Crippen LogP contribution in [0, 0.1) is 0 Å². The van der Waals surface area contributed by atoms with Crippen molar-refractivity contribution in [1.29, 1.82) is 0 Å². The Labute approximate surface area is 110 Å². The lowest BCUT2D eigenvalue weighted by atomic mass is 10.2. The van der Waals surface area contributed by atoms with Crippen LogP contribution in [0.3, 0.4) is 0 Å². The highest BCUT2D eigenvalue weighted by Gasteiger charge is 2.03. The Kier molecular flexibility index (Phi) is 4.00. The Morgan fingerprint density at radius 2 is 2.18 bits per heavy atom. The fourth-order valence-corrected chi connectivity index (χ4v) is 2.32. The molecule has 0 radical (unpaired) electrons. The number of fused-ring (bicyclic) bond motifs is 1.